The Hall–Kier alpha value is -4.97. The van der Waals surface area contributed by atoms with Gasteiger partial charge in [-0.05, 0) is 48.3 Å². The quantitative estimate of drug-likeness (QED) is 0.170. The number of hydrogen-bond donors (Lipinski definition) is 0. The van der Waals surface area contributed by atoms with Gasteiger partial charge in [0.1, 0.15) is 5.58 Å². The number of fused-ring (bicyclic) bond motifs is 4. The van der Waals surface area contributed by atoms with E-state index in [-0.39, 0.29) is 25.9 Å². The van der Waals surface area contributed by atoms with Gasteiger partial charge in [0.25, 0.3) is 0 Å². The van der Waals surface area contributed by atoms with Gasteiger partial charge >= 0.3 is 0 Å². The topological polar surface area (TPSA) is 56.7 Å². The molecule has 4 aromatic carbocycles. The van der Waals surface area contributed by atoms with Gasteiger partial charge in [-0.15, -0.1) is 48.0 Å². The zero-order valence-electron chi connectivity index (χ0n) is 23.0. The van der Waals surface area contributed by atoms with Crippen LogP contribution in [0, 0.1) is 24.9 Å². The summed E-state index contributed by atoms with van der Waals surface area (Å²) < 4.78 is 22.9. The van der Waals surface area contributed by atoms with Gasteiger partial charge in [-0.1, -0.05) is 54.1 Å². The van der Waals surface area contributed by atoms with Crippen molar-refractivity contribution in [2.75, 3.05) is 0 Å². The number of pyridine rings is 2. The Morgan fingerprint density at radius 2 is 1.63 bits per heavy atom. The molecule has 1 radical (unpaired) electrons. The van der Waals surface area contributed by atoms with Crippen LogP contribution < -0.4 is 0 Å². The van der Waals surface area contributed by atoms with Crippen molar-refractivity contribution in [3.63, 3.8) is 0 Å². The Bertz CT molecular complexity index is 2120. The SMILES string of the molecule is Cc1cc2c(cn1)nc(-c1[c-]cc(F)c3c1oc1ccccc13)n2-c1ccccc1.[Ir].[c-]1ccccc1-c1ccccn1. The minimum absolute atomic E-state index is 0. The fourth-order valence-electron chi connectivity index (χ4n) is 5.06. The summed E-state index contributed by atoms with van der Waals surface area (Å²) in [6.07, 6.45) is 3.54. The van der Waals surface area contributed by atoms with Crippen LogP contribution >= 0.6 is 0 Å². The van der Waals surface area contributed by atoms with Crippen molar-refractivity contribution in [3.05, 3.63) is 145 Å². The van der Waals surface area contributed by atoms with Gasteiger partial charge in [-0.2, -0.15) is 0 Å². The molecular formula is C36H23FIrN4O-2. The number of imidazole rings is 1. The van der Waals surface area contributed by atoms with E-state index in [1.807, 2.05) is 115 Å². The number of hydrogen-bond acceptors (Lipinski definition) is 4. The predicted octanol–water partition coefficient (Wildman–Crippen LogP) is 8.78. The Morgan fingerprint density at radius 3 is 2.42 bits per heavy atom. The monoisotopic (exact) mass is 739 g/mol. The fourth-order valence-corrected chi connectivity index (χ4v) is 5.06. The minimum atomic E-state index is -0.362. The maximum atomic E-state index is 14.8. The molecule has 0 aliphatic rings. The van der Waals surface area contributed by atoms with Crippen LogP contribution in [0.4, 0.5) is 4.39 Å². The second kappa shape index (κ2) is 12.1. The van der Waals surface area contributed by atoms with Gasteiger partial charge in [0.2, 0.25) is 0 Å². The third-order valence-corrected chi connectivity index (χ3v) is 6.97. The number of para-hydroxylation sites is 2. The molecule has 0 atom stereocenters. The van der Waals surface area contributed by atoms with E-state index in [1.165, 1.54) is 6.07 Å². The molecule has 8 rings (SSSR count). The van der Waals surface area contributed by atoms with Crippen molar-refractivity contribution in [1.82, 2.24) is 19.5 Å². The zero-order valence-corrected chi connectivity index (χ0v) is 25.4. The third-order valence-electron chi connectivity index (χ3n) is 6.97. The van der Waals surface area contributed by atoms with E-state index in [1.54, 1.807) is 12.4 Å². The van der Waals surface area contributed by atoms with Gasteiger partial charge in [-0.25, -0.2) is 0 Å². The Balaban J connectivity index is 0.000000213. The van der Waals surface area contributed by atoms with E-state index < -0.39 is 0 Å². The molecule has 7 heteroatoms. The molecule has 8 aromatic rings. The van der Waals surface area contributed by atoms with Crippen molar-refractivity contribution in [2.24, 2.45) is 0 Å². The maximum absolute atomic E-state index is 14.8. The number of nitrogens with zero attached hydrogens (tertiary/aromatic N) is 4. The molecule has 5 nitrogen and oxygen atoms in total. The van der Waals surface area contributed by atoms with Gasteiger partial charge in [0.15, 0.2) is 0 Å². The normalized spacial score (nSPS) is 10.8. The summed E-state index contributed by atoms with van der Waals surface area (Å²) >= 11 is 0. The van der Waals surface area contributed by atoms with Crippen LogP contribution in [-0.4, -0.2) is 19.5 Å². The van der Waals surface area contributed by atoms with Crippen molar-refractivity contribution in [1.29, 1.82) is 0 Å². The molecule has 0 aliphatic carbocycles. The first-order valence-corrected chi connectivity index (χ1v) is 13.5. The predicted molar refractivity (Wildman–Crippen MR) is 164 cm³/mol. The molecule has 0 N–H and O–H groups in total. The molecule has 0 unspecified atom stereocenters. The van der Waals surface area contributed by atoms with Crippen LogP contribution in [0.3, 0.4) is 0 Å². The van der Waals surface area contributed by atoms with E-state index >= 15 is 0 Å². The molecule has 4 heterocycles. The van der Waals surface area contributed by atoms with Crippen LogP contribution in [0.1, 0.15) is 5.69 Å². The summed E-state index contributed by atoms with van der Waals surface area (Å²) in [5, 5.41) is 1.18. The van der Waals surface area contributed by atoms with Gasteiger partial charge in [0.05, 0.1) is 28.6 Å². The van der Waals surface area contributed by atoms with Gasteiger partial charge < -0.3 is 14.0 Å². The van der Waals surface area contributed by atoms with Crippen LogP contribution in [0.2, 0.25) is 0 Å². The summed E-state index contributed by atoms with van der Waals surface area (Å²) in [5.41, 5.74) is 7.20. The Labute approximate surface area is 261 Å². The standard InChI is InChI=1S/C25H15FN3O.C11H8N.Ir/c1-15-13-21-20(14-27-15)28-25(29(21)16-7-3-2-4-8-16)18-11-12-19(26)23-17-9-5-6-10-22(17)30-24(18)23;1-2-6-10(7-3-1)11-8-4-5-9-12-11;/h2-10,12-14H,1H3;1-6,8-9H;/q2*-1;. The smallest absolute Gasteiger partial charge is 0.121 e. The van der Waals surface area contributed by atoms with Crippen molar-refractivity contribution >= 4 is 33.0 Å². The number of halogens is 1. The largest absolute Gasteiger partial charge is 0.500 e. The first-order valence-electron chi connectivity index (χ1n) is 13.5. The fraction of sp³-hybridized carbons (Fsp3) is 0.0278. The zero-order chi connectivity index (χ0) is 28.5. The molecular weight excluding hydrogens is 716 g/mol. The van der Waals surface area contributed by atoms with E-state index in [0.29, 0.717) is 27.9 Å². The molecule has 211 valence electrons. The molecule has 0 saturated heterocycles. The molecule has 43 heavy (non-hydrogen) atoms. The van der Waals surface area contributed by atoms with E-state index in [0.717, 1.165) is 39.1 Å². The van der Waals surface area contributed by atoms with E-state index in [9.17, 15) is 4.39 Å². The van der Waals surface area contributed by atoms with Crippen LogP contribution in [0.15, 0.2) is 126 Å². The summed E-state index contributed by atoms with van der Waals surface area (Å²) in [6, 6.07) is 40.6. The van der Waals surface area contributed by atoms with Gasteiger partial charge in [-0.3, -0.25) is 14.4 Å². The first-order chi connectivity index (χ1) is 20.7. The van der Waals surface area contributed by atoms with Crippen molar-refractivity contribution in [3.8, 4) is 28.3 Å². The third kappa shape index (κ3) is 5.36. The molecule has 0 spiro atoms. The molecule has 4 aromatic heterocycles. The number of aromatic nitrogens is 4. The Morgan fingerprint density at radius 1 is 0.837 bits per heavy atom. The molecule has 0 bridgehead atoms. The van der Waals surface area contributed by atoms with Crippen molar-refractivity contribution in [2.45, 2.75) is 6.92 Å². The van der Waals surface area contributed by atoms with Crippen LogP contribution in [-0.2, 0) is 20.1 Å². The van der Waals surface area contributed by atoms with Crippen LogP contribution in [0.5, 0.6) is 0 Å². The molecule has 0 amide bonds. The Kier molecular flexibility index (Phi) is 7.92. The first kappa shape index (κ1) is 28.2. The summed E-state index contributed by atoms with van der Waals surface area (Å²) in [7, 11) is 0. The summed E-state index contributed by atoms with van der Waals surface area (Å²) in [5.74, 6) is 0.270. The molecule has 0 saturated carbocycles. The molecule has 0 aliphatic heterocycles. The average molecular weight is 739 g/mol. The van der Waals surface area contributed by atoms with E-state index in [2.05, 4.69) is 22.1 Å². The number of rotatable bonds is 3. The number of aryl methyl sites for hydroxylation is 1. The summed E-state index contributed by atoms with van der Waals surface area (Å²) in [4.78, 5) is 13.4. The summed E-state index contributed by atoms with van der Waals surface area (Å²) in [6.45, 7) is 1.95. The second-order valence-electron chi connectivity index (χ2n) is 9.73. The minimum Gasteiger partial charge on any atom is -0.500 e. The number of furan rings is 1. The molecule has 0 fully saturated rings. The average Bonchev–Trinajstić information content (AvgIpc) is 3.62. The maximum Gasteiger partial charge on any atom is 0.121 e. The van der Waals surface area contributed by atoms with Crippen LogP contribution in [0.25, 0.3) is 61.3 Å². The van der Waals surface area contributed by atoms with Gasteiger partial charge in [0, 0.05) is 48.9 Å². The van der Waals surface area contributed by atoms with Crippen molar-refractivity contribution < 1.29 is 28.9 Å². The number of benzene rings is 4. The van der Waals surface area contributed by atoms with E-state index in [4.69, 9.17) is 9.40 Å². The second-order valence-corrected chi connectivity index (χ2v) is 9.73.